The second kappa shape index (κ2) is 9.90. The third-order valence-electron chi connectivity index (χ3n) is 4.92. The molecule has 0 bridgehead atoms. The number of ether oxygens (including phenoxy) is 2. The third-order valence-corrected chi connectivity index (χ3v) is 4.92. The Morgan fingerprint density at radius 3 is 2.48 bits per heavy atom. The van der Waals surface area contributed by atoms with E-state index in [0.29, 0.717) is 37.9 Å². The Kier molecular flexibility index (Phi) is 7.58. The Balaban J connectivity index is 2.16. The van der Waals surface area contributed by atoms with Gasteiger partial charge in [0.1, 0.15) is 0 Å². The van der Waals surface area contributed by atoms with Gasteiger partial charge in [-0.15, -0.1) is 0 Å². The molecule has 0 aliphatic heterocycles. The summed E-state index contributed by atoms with van der Waals surface area (Å²) in [5.41, 5.74) is 4.56. The molecular weight excluding hydrogens is 376 g/mol. The van der Waals surface area contributed by atoms with Gasteiger partial charge in [0.2, 0.25) is 0 Å². The van der Waals surface area contributed by atoms with E-state index in [1.807, 2.05) is 0 Å². The molecule has 1 fully saturated rings. The summed E-state index contributed by atoms with van der Waals surface area (Å²) in [6.07, 6.45) is 1.93. The lowest BCUT2D eigenvalue weighted by atomic mass is 9.78. The summed E-state index contributed by atoms with van der Waals surface area (Å²) in [5, 5.41) is 12.8. The van der Waals surface area contributed by atoms with Crippen LogP contribution in [0.25, 0.3) is 0 Å². The molecule has 2 rings (SSSR count). The Morgan fingerprint density at radius 2 is 1.90 bits per heavy atom. The molecule has 1 amide bonds. The van der Waals surface area contributed by atoms with Crippen LogP contribution in [-0.4, -0.2) is 42.6 Å². The van der Waals surface area contributed by atoms with Gasteiger partial charge >= 0.3 is 11.9 Å². The monoisotopic (exact) mass is 404 g/mol. The highest BCUT2D eigenvalue weighted by atomic mass is 16.6. The van der Waals surface area contributed by atoms with Crippen LogP contribution in [0.15, 0.2) is 24.3 Å². The van der Waals surface area contributed by atoms with Gasteiger partial charge in [0.25, 0.3) is 5.91 Å². The van der Waals surface area contributed by atoms with Gasteiger partial charge < -0.3 is 25.8 Å². The standard InChI is InChI=1S/C20H28N4O5/c1-3-28-17(26)15-6-4-5-7-16(15)24-18(27)20(29-13(2)25)10-8-14(9-11-20)12-23-19(21)22/h4-7,14H,3,8-12H2,1-2H3,(H,24,27)(H4,21,22,23). The van der Waals surface area contributed by atoms with Crippen molar-refractivity contribution in [3.8, 4) is 0 Å². The fourth-order valence-corrected chi connectivity index (χ4v) is 3.47. The van der Waals surface area contributed by atoms with Crippen molar-refractivity contribution in [1.29, 1.82) is 5.41 Å². The van der Waals surface area contributed by atoms with Crippen molar-refractivity contribution >= 4 is 29.5 Å². The summed E-state index contributed by atoms with van der Waals surface area (Å²) in [4.78, 5) is 37.0. The van der Waals surface area contributed by atoms with Crippen molar-refractivity contribution in [3.05, 3.63) is 29.8 Å². The van der Waals surface area contributed by atoms with E-state index in [4.69, 9.17) is 20.6 Å². The average Bonchev–Trinajstić information content (AvgIpc) is 2.67. The number of anilines is 1. The fourth-order valence-electron chi connectivity index (χ4n) is 3.47. The molecule has 158 valence electrons. The SMILES string of the molecule is CCOC(=O)c1ccccc1NC(=O)C1(OC(C)=O)CCC(CNC(=N)N)CC1. The van der Waals surface area contributed by atoms with Gasteiger partial charge in [0.05, 0.1) is 17.9 Å². The number of esters is 2. The van der Waals surface area contributed by atoms with E-state index in [9.17, 15) is 14.4 Å². The molecule has 0 saturated heterocycles. The number of amides is 1. The molecule has 1 aromatic carbocycles. The highest BCUT2D eigenvalue weighted by Gasteiger charge is 2.45. The van der Waals surface area contributed by atoms with E-state index in [-0.39, 0.29) is 24.0 Å². The maximum atomic E-state index is 13.1. The second-order valence-corrected chi connectivity index (χ2v) is 7.05. The number of carbonyl (C=O) groups is 3. The van der Waals surface area contributed by atoms with Crippen LogP contribution in [0.3, 0.4) is 0 Å². The summed E-state index contributed by atoms with van der Waals surface area (Å²) in [7, 11) is 0. The largest absolute Gasteiger partial charge is 0.462 e. The second-order valence-electron chi connectivity index (χ2n) is 7.05. The molecule has 9 nitrogen and oxygen atoms in total. The molecule has 1 aliphatic carbocycles. The minimum atomic E-state index is -1.31. The van der Waals surface area contributed by atoms with Crippen molar-refractivity contribution in [1.82, 2.24) is 5.32 Å². The summed E-state index contributed by atoms with van der Waals surface area (Å²) in [6, 6.07) is 6.54. The third kappa shape index (κ3) is 5.94. The number of hydrogen-bond acceptors (Lipinski definition) is 6. The van der Waals surface area contributed by atoms with Crippen molar-refractivity contribution in [3.63, 3.8) is 0 Å². The van der Waals surface area contributed by atoms with Crippen molar-refractivity contribution in [2.75, 3.05) is 18.5 Å². The van der Waals surface area contributed by atoms with Gasteiger partial charge in [0, 0.05) is 13.5 Å². The Labute approximate surface area is 169 Å². The lowest BCUT2D eigenvalue weighted by Crippen LogP contribution is -2.50. The van der Waals surface area contributed by atoms with E-state index < -0.39 is 23.4 Å². The van der Waals surface area contributed by atoms with Crippen LogP contribution in [0.5, 0.6) is 0 Å². The van der Waals surface area contributed by atoms with Gasteiger partial charge in [0.15, 0.2) is 11.6 Å². The van der Waals surface area contributed by atoms with Gasteiger partial charge in [-0.2, -0.15) is 0 Å². The molecule has 9 heteroatoms. The molecule has 1 aliphatic rings. The topological polar surface area (TPSA) is 144 Å². The van der Waals surface area contributed by atoms with E-state index in [1.54, 1.807) is 31.2 Å². The minimum Gasteiger partial charge on any atom is -0.462 e. The van der Waals surface area contributed by atoms with Crippen LogP contribution >= 0.6 is 0 Å². The summed E-state index contributed by atoms with van der Waals surface area (Å²) >= 11 is 0. The van der Waals surface area contributed by atoms with Crippen LogP contribution in [0.4, 0.5) is 5.69 Å². The maximum Gasteiger partial charge on any atom is 0.340 e. The summed E-state index contributed by atoms with van der Waals surface area (Å²) in [5.74, 6) is -1.44. The van der Waals surface area contributed by atoms with Gasteiger partial charge in [-0.1, -0.05) is 12.1 Å². The first-order valence-corrected chi connectivity index (χ1v) is 9.62. The molecule has 0 atom stereocenters. The molecule has 29 heavy (non-hydrogen) atoms. The van der Waals surface area contributed by atoms with E-state index >= 15 is 0 Å². The maximum absolute atomic E-state index is 13.1. The number of para-hydroxylation sites is 1. The van der Waals surface area contributed by atoms with Crippen molar-refractivity contribution in [2.45, 2.75) is 45.1 Å². The number of benzene rings is 1. The number of nitrogens with one attached hydrogen (secondary N) is 3. The predicted molar refractivity (Wildman–Crippen MR) is 107 cm³/mol. The molecule has 5 N–H and O–H groups in total. The van der Waals surface area contributed by atoms with Crippen molar-refractivity contribution in [2.24, 2.45) is 11.7 Å². The zero-order chi connectivity index (χ0) is 21.4. The average molecular weight is 404 g/mol. The van der Waals surface area contributed by atoms with Crippen LogP contribution in [0.2, 0.25) is 0 Å². The van der Waals surface area contributed by atoms with Crippen LogP contribution in [0.1, 0.15) is 49.9 Å². The Morgan fingerprint density at radius 1 is 1.24 bits per heavy atom. The summed E-state index contributed by atoms with van der Waals surface area (Å²) in [6.45, 7) is 3.71. The van der Waals surface area contributed by atoms with Gasteiger partial charge in [-0.05, 0) is 50.7 Å². The molecule has 1 saturated carbocycles. The molecular formula is C20H28N4O5. The highest BCUT2D eigenvalue weighted by molar-refractivity contribution is 6.04. The van der Waals surface area contributed by atoms with E-state index in [2.05, 4.69) is 10.6 Å². The lowest BCUT2D eigenvalue weighted by Gasteiger charge is -2.38. The van der Waals surface area contributed by atoms with E-state index in [1.165, 1.54) is 6.92 Å². The lowest BCUT2D eigenvalue weighted by molar-refractivity contribution is -0.168. The first kappa shape index (κ1) is 22.2. The predicted octanol–water partition coefficient (Wildman–Crippen LogP) is 1.78. The summed E-state index contributed by atoms with van der Waals surface area (Å²) < 4.78 is 10.5. The quantitative estimate of drug-likeness (QED) is 0.308. The number of nitrogens with two attached hydrogens (primary N) is 1. The minimum absolute atomic E-state index is 0.102. The first-order valence-electron chi connectivity index (χ1n) is 9.62. The molecule has 0 heterocycles. The molecule has 0 radical (unpaired) electrons. The highest BCUT2D eigenvalue weighted by Crippen LogP contribution is 2.36. The number of guanidine groups is 1. The smallest absolute Gasteiger partial charge is 0.340 e. The number of rotatable bonds is 7. The van der Waals surface area contributed by atoms with Crippen LogP contribution < -0.4 is 16.4 Å². The van der Waals surface area contributed by atoms with Gasteiger partial charge in [-0.25, -0.2) is 4.79 Å². The molecule has 0 spiro atoms. The molecule has 1 aromatic rings. The first-order chi connectivity index (χ1) is 13.8. The Hall–Kier alpha value is -3.10. The Bertz CT molecular complexity index is 772. The number of carbonyl (C=O) groups excluding carboxylic acids is 3. The van der Waals surface area contributed by atoms with Crippen molar-refractivity contribution < 1.29 is 23.9 Å². The van der Waals surface area contributed by atoms with Gasteiger partial charge in [-0.3, -0.25) is 15.0 Å². The fraction of sp³-hybridized carbons (Fsp3) is 0.500. The van der Waals surface area contributed by atoms with Crippen LogP contribution in [0, 0.1) is 11.3 Å². The number of hydrogen-bond donors (Lipinski definition) is 4. The molecule has 0 unspecified atom stereocenters. The normalized spacial score (nSPS) is 21.0. The zero-order valence-corrected chi connectivity index (χ0v) is 16.7. The molecule has 0 aromatic heterocycles. The zero-order valence-electron chi connectivity index (χ0n) is 16.7. The van der Waals surface area contributed by atoms with E-state index in [0.717, 1.165) is 0 Å². The van der Waals surface area contributed by atoms with Crippen LogP contribution in [-0.2, 0) is 19.1 Å².